The van der Waals surface area contributed by atoms with Gasteiger partial charge in [-0.1, -0.05) is 66.7 Å². The van der Waals surface area contributed by atoms with Crippen molar-refractivity contribution in [3.8, 4) is 24.2 Å². The van der Waals surface area contributed by atoms with Crippen LogP contribution >= 0.6 is 11.6 Å². The number of nitriles is 2. The van der Waals surface area contributed by atoms with Crippen molar-refractivity contribution in [2.24, 2.45) is 0 Å². The second-order valence-electron chi connectivity index (χ2n) is 24.4. The summed E-state index contributed by atoms with van der Waals surface area (Å²) < 4.78 is 61.5. The summed E-state index contributed by atoms with van der Waals surface area (Å²) in [4.78, 5) is 62.3. The number of allylic oxidation sites excluding steroid dienone is 1. The Hall–Kier alpha value is -8.28. The summed E-state index contributed by atoms with van der Waals surface area (Å²) in [5, 5.41) is 24.5. The lowest BCUT2D eigenvalue weighted by Gasteiger charge is -2.42. The predicted molar refractivity (Wildman–Crippen MR) is 339 cm³/mol. The number of aryl methyl sites for hydroxylation is 1. The molecule has 470 valence electrons. The van der Waals surface area contributed by atoms with E-state index in [-0.39, 0.29) is 68.7 Å². The zero-order chi connectivity index (χ0) is 62.7. The smallest absolute Gasteiger partial charge is 0.318 e. The van der Waals surface area contributed by atoms with Crippen LogP contribution in [0.1, 0.15) is 59.3 Å². The summed E-state index contributed by atoms with van der Waals surface area (Å²) in [6, 6.07) is 26.4. The summed E-state index contributed by atoms with van der Waals surface area (Å²) >= 11 is 6.85. The Morgan fingerprint density at radius 3 is 1.90 bits per heavy atom. The fraction of sp³-hybridized carbons (Fsp3) is 0.463. The van der Waals surface area contributed by atoms with Gasteiger partial charge in [0, 0.05) is 117 Å². The molecule has 6 aliphatic rings. The Labute approximate surface area is 527 Å². The molecule has 0 N–H and O–H groups in total. The Bertz CT molecular complexity index is 3820. The minimum atomic E-state index is -1.06. The highest BCUT2D eigenvalue weighted by Gasteiger charge is 2.38. The van der Waals surface area contributed by atoms with Crippen molar-refractivity contribution in [1.29, 1.82) is 10.5 Å². The van der Waals surface area contributed by atoms with Gasteiger partial charge in [0.2, 0.25) is 5.91 Å². The first-order valence-electron chi connectivity index (χ1n) is 31.0. The topological polar surface area (TPSA) is 187 Å². The van der Waals surface area contributed by atoms with Crippen molar-refractivity contribution >= 4 is 68.0 Å². The number of likely N-dealkylation sites (tertiary alicyclic amines) is 2. The summed E-state index contributed by atoms with van der Waals surface area (Å²) in [5.41, 5.74) is 7.77. The molecule has 23 heteroatoms. The van der Waals surface area contributed by atoms with Gasteiger partial charge in [-0.2, -0.15) is 30.5 Å². The van der Waals surface area contributed by atoms with Crippen molar-refractivity contribution in [3.63, 3.8) is 0 Å². The van der Waals surface area contributed by atoms with E-state index >= 15 is 0 Å². The first kappa shape index (κ1) is 61.9. The third-order valence-electron chi connectivity index (χ3n) is 18.8. The standard InChI is InChI=1S/C67H74ClF3N14O5/c1-42-9-5-12-52-45(16-17-59(61(42)52)81-26-21-54-57(38-81)75-66(89-40-49-31-46(71)33-78(49)3)76-63(54)82-27-29-84(47(34-82)18-23-72)60(86)15-8-22-69)39-88-51-32-50(79(4)36-51)41-90-67-74-56-37-80(58-14-7-11-44-10-6-13-55(68)62(44)58)25-20-53(56)64(77-67)83-28-30-85(65(87)43(2)70)48(35-83)19-24-73/h5-17,46-51H,2,18-22,25-41H2,1,3-4H3/b15-8+/t46-,47+,48+,49+,50+,51-/m1/s1. The molecule has 6 atom stereocenters. The van der Waals surface area contributed by atoms with Crippen LogP contribution in [0, 0.1) is 29.6 Å². The number of halogens is 4. The van der Waals surface area contributed by atoms with Gasteiger partial charge in [0.1, 0.15) is 37.7 Å². The second-order valence-corrected chi connectivity index (χ2v) is 24.8. The van der Waals surface area contributed by atoms with Gasteiger partial charge < -0.3 is 43.6 Å². The number of alkyl halides is 2. The molecule has 12 rings (SSSR count). The summed E-state index contributed by atoms with van der Waals surface area (Å²) in [6.07, 6.45) is 3.76. The molecule has 0 aliphatic carbocycles. The van der Waals surface area contributed by atoms with Gasteiger partial charge in [-0.15, -0.1) is 0 Å². The average Bonchev–Trinajstić information content (AvgIpc) is 0.919. The highest BCUT2D eigenvalue weighted by Crippen LogP contribution is 2.41. The van der Waals surface area contributed by atoms with Crippen LogP contribution in [-0.2, 0) is 46.9 Å². The molecule has 0 spiro atoms. The Morgan fingerprint density at radius 2 is 1.29 bits per heavy atom. The zero-order valence-electron chi connectivity index (χ0n) is 51.0. The number of ether oxygens (including phenoxy) is 3. The SMILES string of the molecule is C=C(F)C(=O)N1CCN(c2nc(OC[C@@H]3C[C@@H](OCc4ccc(N5CCc6c(nc(OC[C@@H]7C[C@@H](F)CN7C)nc6N6CCN(C(=O)/C=C/CF)[C@@H](CC#N)C6)C5)c5c(C)cccc45)CN3C)nc3c2CCN(c2cccc4cccc(Cl)c24)C3)C[C@@H]1CC#N. The number of hydrogen-bond acceptors (Lipinski definition) is 17. The van der Waals surface area contributed by atoms with Crippen LogP contribution in [0.15, 0.2) is 91.3 Å². The first-order chi connectivity index (χ1) is 43.7. The van der Waals surface area contributed by atoms with Crippen LogP contribution in [-0.4, -0.2) is 187 Å². The van der Waals surface area contributed by atoms with E-state index in [0.717, 1.165) is 66.6 Å². The number of nitrogens with zero attached hydrogens (tertiary/aromatic N) is 14. The van der Waals surface area contributed by atoms with E-state index in [1.807, 2.05) is 30.1 Å². The molecule has 19 nitrogen and oxygen atoms in total. The number of carbonyl (C=O) groups excluding carboxylic acids is 2. The molecular formula is C67H74ClF3N14O5. The van der Waals surface area contributed by atoms with Crippen LogP contribution in [0.25, 0.3) is 21.5 Å². The van der Waals surface area contributed by atoms with Gasteiger partial charge >= 0.3 is 12.0 Å². The van der Waals surface area contributed by atoms with Crippen molar-refractivity contribution < 1.29 is 37.0 Å². The van der Waals surface area contributed by atoms with Crippen molar-refractivity contribution in [1.82, 2.24) is 39.5 Å². The molecular weight excluding hydrogens is 1170 g/mol. The molecule has 0 bridgehead atoms. The van der Waals surface area contributed by atoms with Crippen molar-refractivity contribution in [2.75, 3.05) is 119 Å². The number of benzene rings is 4. The quantitative estimate of drug-likeness (QED) is 0.0744. The summed E-state index contributed by atoms with van der Waals surface area (Å²) in [5.74, 6) is -0.826. The maximum absolute atomic E-state index is 14.5. The predicted octanol–water partition coefficient (Wildman–Crippen LogP) is 8.62. The molecule has 0 saturated carbocycles. The van der Waals surface area contributed by atoms with E-state index in [1.54, 1.807) is 4.90 Å². The van der Waals surface area contributed by atoms with Gasteiger partial charge in [-0.3, -0.25) is 19.4 Å². The van der Waals surface area contributed by atoms with Crippen molar-refractivity contribution in [2.45, 2.75) is 102 Å². The zero-order valence-corrected chi connectivity index (χ0v) is 51.8. The van der Waals surface area contributed by atoms with Gasteiger partial charge in [0.25, 0.3) is 5.91 Å². The van der Waals surface area contributed by atoms with Gasteiger partial charge in [0.15, 0.2) is 5.83 Å². The Morgan fingerprint density at radius 1 is 0.700 bits per heavy atom. The fourth-order valence-corrected chi connectivity index (χ4v) is 14.4. The third kappa shape index (κ3) is 12.9. The van der Waals surface area contributed by atoms with Crippen LogP contribution in [0.2, 0.25) is 5.02 Å². The lowest BCUT2D eigenvalue weighted by atomic mass is 9.96. The molecule has 4 saturated heterocycles. The van der Waals surface area contributed by atoms with E-state index < -0.39 is 36.7 Å². The van der Waals surface area contributed by atoms with Crippen LogP contribution < -0.4 is 29.1 Å². The lowest BCUT2D eigenvalue weighted by molar-refractivity contribution is -0.131. The minimum absolute atomic E-state index is 0.0131. The Kier molecular flexibility index (Phi) is 18.6. The summed E-state index contributed by atoms with van der Waals surface area (Å²) in [6.45, 7) is 10.7. The molecule has 4 aromatic carbocycles. The molecule has 4 fully saturated rings. The van der Waals surface area contributed by atoms with Crippen LogP contribution in [0.5, 0.6) is 12.0 Å². The molecule has 0 unspecified atom stereocenters. The number of rotatable bonds is 18. The highest BCUT2D eigenvalue weighted by molar-refractivity contribution is 6.36. The number of piperazine rings is 2. The van der Waals surface area contributed by atoms with E-state index in [1.165, 1.54) is 17.1 Å². The minimum Gasteiger partial charge on any atom is -0.462 e. The number of carbonyl (C=O) groups is 2. The summed E-state index contributed by atoms with van der Waals surface area (Å²) in [7, 11) is 3.96. The van der Waals surface area contributed by atoms with Gasteiger partial charge in [-0.05, 0) is 92.9 Å². The number of likely N-dealkylation sites (N-methyl/N-ethyl adjacent to an activating group) is 2. The molecule has 6 aliphatic heterocycles. The van der Waals surface area contributed by atoms with Gasteiger partial charge in [-0.25, -0.2) is 13.2 Å². The largest absolute Gasteiger partial charge is 0.462 e. The van der Waals surface area contributed by atoms with E-state index in [9.17, 15) is 33.3 Å². The maximum atomic E-state index is 14.5. The molecule has 8 heterocycles. The second kappa shape index (κ2) is 27.0. The average molecular weight is 1250 g/mol. The number of amides is 2. The van der Waals surface area contributed by atoms with Crippen LogP contribution in [0.4, 0.5) is 36.2 Å². The molecule has 0 radical (unpaired) electrons. The third-order valence-corrected chi connectivity index (χ3v) is 19.1. The normalized spacial score (nSPS) is 22.3. The van der Waals surface area contributed by atoms with E-state index in [4.69, 9.17) is 45.7 Å². The maximum Gasteiger partial charge on any atom is 0.318 e. The number of hydrogen-bond donors (Lipinski definition) is 0. The number of fused-ring (bicyclic) bond motifs is 4. The monoisotopic (exact) mass is 1250 g/mol. The van der Waals surface area contributed by atoms with E-state index in [2.05, 4.69) is 106 Å². The molecule has 2 aromatic heterocycles. The number of aromatic nitrogens is 4. The lowest BCUT2D eigenvalue weighted by Crippen LogP contribution is -2.55. The van der Waals surface area contributed by atoms with Crippen LogP contribution in [0.3, 0.4) is 0 Å². The van der Waals surface area contributed by atoms with E-state index in [0.29, 0.717) is 121 Å². The molecule has 2 amide bonds. The van der Waals surface area contributed by atoms with Crippen molar-refractivity contribution in [3.05, 3.63) is 130 Å². The number of anilines is 4. The van der Waals surface area contributed by atoms with Gasteiger partial charge in [0.05, 0.1) is 79.3 Å². The Balaban J connectivity index is 0.754. The molecule has 6 aromatic rings. The fourth-order valence-electron chi connectivity index (χ4n) is 14.1. The first-order valence-corrected chi connectivity index (χ1v) is 31.4. The highest BCUT2D eigenvalue weighted by atomic mass is 35.5. The molecule has 90 heavy (non-hydrogen) atoms.